The first-order valence-corrected chi connectivity index (χ1v) is 9.14. The number of esters is 2. The van der Waals surface area contributed by atoms with E-state index in [-0.39, 0.29) is 13.0 Å². The summed E-state index contributed by atoms with van der Waals surface area (Å²) in [6.45, 7) is 5.05. The molecule has 0 unspecified atom stereocenters. The van der Waals surface area contributed by atoms with E-state index < -0.39 is 41.3 Å². The van der Waals surface area contributed by atoms with Crippen LogP contribution in [0.5, 0.6) is 0 Å². The first-order chi connectivity index (χ1) is 12.7. The molecule has 0 aliphatic heterocycles. The lowest BCUT2D eigenvalue weighted by Crippen LogP contribution is -2.59. The minimum atomic E-state index is -2.27. The molecule has 1 N–H and O–H groups in total. The zero-order valence-corrected chi connectivity index (χ0v) is 16.2. The molecular weight excluding hydrogens is 372 g/mol. The maximum Gasteiger partial charge on any atom is 0.343 e. The molecule has 1 fully saturated rings. The molecule has 7 heteroatoms. The maximum absolute atomic E-state index is 12.6. The standard InChI is InChI=1S/C20H23ClO6/c1-4-26-18(23)15-11-16(22)17(15)20(25,19(24)27-12(2)3)10-9-13-5-7-14(21)8-6-13/h5-10,12,15,17,25H,4,11H2,1-3H3/b10-9+/t15-,17+,20+/m0/s1. The number of halogens is 1. The SMILES string of the molecule is CCOC(=O)[C@H]1CC(=O)[C@@H]1[C@](O)(/C=C/c1ccc(Cl)cc1)C(=O)OC(C)C. The van der Waals surface area contributed by atoms with Gasteiger partial charge in [0.2, 0.25) is 0 Å². The Morgan fingerprint density at radius 2 is 1.96 bits per heavy atom. The highest BCUT2D eigenvalue weighted by atomic mass is 35.5. The van der Waals surface area contributed by atoms with E-state index in [2.05, 4.69) is 0 Å². The molecule has 0 saturated heterocycles. The zero-order valence-electron chi connectivity index (χ0n) is 15.5. The number of ether oxygens (including phenoxy) is 2. The molecule has 0 heterocycles. The molecule has 0 radical (unpaired) electrons. The molecular formula is C20H23ClO6. The predicted octanol–water partition coefficient (Wildman–Crippen LogP) is 2.80. The summed E-state index contributed by atoms with van der Waals surface area (Å²) in [5.41, 5.74) is -1.61. The summed E-state index contributed by atoms with van der Waals surface area (Å²) in [4.78, 5) is 36.9. The molecule has 2 rings (SSSR count). The summed E-state index contributed by atoms with van der Waals surface area (Å²) < 4.78 is 10.1. The minimum absolute atomic E-state index is 0.0739. The summed E-state index contributed by atoms with van der Waals surface area (Å²) in [7, 11) is 0. The number of hydrogen-bond acceptors (Lipinski definition) is 6. The van der Waals surface area contributed by atoms with E-state index in [1.165, 1.54) is 12.2 Å². The minimum Gasteiger partial charge on any atom is -0.466 e. The van der Waals surface area contributed by atoms with Gasteiger partial charge in [0.1, 0.15) is 5.78 Å². The molecule has 146 valence electrons. The lowest BCUT2D eigenvalue weighted by Gasteiger charge is -2.41. The molecule has 0 spiro atoms. The highest BCUT2D eigenvalue weighted by molar-refractivity contribution is 6.30. The van der Waals surface area contributed by atoms with Gasteiger partial charge in [-0.05, 0) is 44.5 Å². The Morgan fingerprint density at radius 3 is 2.48 bits per heavy atom. The van der Waals surface area contributed by atoms with Gasteiger partial charge >= 0.3 is 11.9 Å². The largest absolute Gasteiger partial charge is 0.466 e. The van der Waals surface area contributed by atoms with Gasteiger partial charge in [-0.2, -0.15) is 0 Å². The second kappa shape index (κ2) is 8.67. The van der Waals surface area contributed by atoms with Crippen LogP contribution in [0.15, 0.2) is 30.3 Å². The van der Waals surface area contributed by atoms with Crippen molar-refractivity contribution < 1.29 is 29.0 Å². The fourth-order valence-electron chi connectivity index (χ4n) is 2.95. The Labute approximate surface area is 163 Å². The van der Waals surface area contributed by atoms with Crippen molar-refractivity contribution in [2.45, 2.75) is 38.9 Å². The summed E-state index contributed by atoms with van der Waals surface area (Å²) in [6, 6.07) is 6.70. The van der Waals surface area contributed by atoms with Crippen molar-refractivity contribution in [1.82, 2.24) is 0 Å². The lowest BCUT2D eigenvalue weighted by atomic mass is 9.63. The van der Waals surface area contributed by atoms with Gasteiger partial charge in [0.15, 0.2) is 5.60 Å². The van der Waals surface area contributed by atoms with Crippen molar-refractivity contribution in [2.24, 2.45) is 11.8 Å². The van der Waals surface area contributed by atoms with Crippen LogP contribution < -0.4 is 0 Å². The molecule has 1 saturated carbocycles. The third-order valence-electron chi connectivity index (χ3n) is 4.30. The fourth-order valence-corrected chi connectivity index (χ4v) is 3.08. The van der Waals surface area contributed by atoms with Crippen LogP contribution in [0.4, 0.5) is 0 Å². The van der Waals surface area contributed by atoms with E-state index in [4.69, 9.17) is 21.1 Å². The third kappa shape index (κ3) is 4.76. The van der Waals surface area contributed by atoms with Crippen molar-refractivity contribution in [2.75, 3.05) is 6.61 Å². The van der Waals surface area contributed by atoms with Gasteiger partial charge in [-0.15, -0.1) is 0 Å². The predicted molar refractivity (Wildman–Crippen MR) is 99.9 cm³/mol. The van der Waals surface area contributed by atoms with E-state index in [0.29, 0.717) is 10.6 Å². The molecule has 1 aromatic rings. The number of Topliss-reactive ketones (excluding diaryl/α,β-unsaturated/α-hetero) is 1. The molecule has 27 heavy (non-hydrogen) atoms. The van der Waals surface area contributed by atoms with Crippen LogP contribution in [0.2, 0.25) is 5.02 Å². The van der Waals surface area contributed by atoms with Gasteiger partial charge in [0.05, 0.1) is 24.5 Å². The summed E-state index contributed by atoms with van der Waals surface area (Å²) >= 11 is 5.85. The molecule has 1 aliphatic carbocycles. The van der Waals surface area contributed by atoms with Crippen molar-refractivity contribution in [3.8, 4) is 0 Å². The summed E-state index contributed by atoms with van der Waals surface area (Å²) in [5.74, 6) is -4.12. The van der Waals surface area contributed by atoms with Crippen LogP contribution in [0.3, 0.4) is 0 Å². The van der Waals surface area contributed by atoms with Gasteiger partial charge < -0.3 is 14.6 Å². The lowest BCUT2D eigenvalue weighted by molar-refractivity contribution is -0.185. The molecule has 3 atom stereocenters. The van der Waals surface area contributed by atoms with Gasteiger partial charge in [0, 0.05) is 11.4 Å². The van der Waals surface area contributed by atoms with Crippen LogP contribution in [0, 0.1) is 11.8 Å². The van der Waals surface area contributed by atoms with Gasteiger partial charge in [0.25, 0.3) is 0 Å². The molecule has 0 bridgehead atoms. The van der Waals surface area contributed by atoms with Crippen LogP contribution in [0.25, 0.3) is 6.08 Å². The van der Waals surface area contributed by atoms with Crippen molar-refractivity contribution in [3.63, 3.8) is 0 Å². The molecule has 1 aliphatic rings. The van der Waals surface area contributed by atoms with Crippen LogP contribution in [-0.4, -0.2) is 41.1 Å². The second-order valence-electron chi connectivity index (χ2n) is 6.67. The first kappa shape index (κ1) is 21.1. The Hall–Kier alpha value is -2.18. The second-order valence-corrected chi connectivity index (χ2v) is 7.11. The monoisotopic (exact) mass is 394 g/mol. The van der Waals surface area contributed by atoms with E-state index in [9.17, 15) is 19.5 Å². The number of benzene rings is 1. The molecule has 1 aromatic carbocycles. The van der Waals surface area contributed by atoms with E-state index in [0.717, 1.165) is 0 Å². The van der Waals surface area contributed by atoms with Crippen LogP contribution in [0.1, 0.15) is 32.8 Å². The van der Waals surface area contributed by atoms with Crippen molar-refractivity contribution in [1.29, 1.82) is 0 Å². The Morgan fingerprint density at radius 1 is 1.33 bits per heavy atom. The first-order valence-electron chi connectivity index (χ1n) is 8.76. The number of carbonyl (C=O) groups is 3. The summed E-state index contributed by atoms with van der Waals surface area (Å²) in [6.07, 6.45) is 2.13. The zero-order chi connectivity index (χ0) is 20.2. The highest BCUT2D eigenvalue weighted by Crippen LogP contribution is 2.41. The third-order valence-corrected chi connectivity index (χ3v) is 4.56. The Balaban J connectivity index is 2.37. The number of carbonyl (C=O) groups excluding carboxylic acids is 3. The molecule has 0 aromatic heterocycles. The Kier molecular flexibility index (Phi) is 6.78. The average Bonchev–Trinajstić information content (AvgIpc) is 2.58. The van der Waals surface area contributed by atoms with Crippen molar-refractivity contribution >= 4 is 35.4 Å². The van der Waals surface area contributed by atoms with E-state index in [1.807, 2.05) is 0 Å². The van der Waals surface area contributed by atoms with Crippen LogP contribution in [-0.2, 0) is 23.9 Å². The van der Waals surface area contributed by atoms with Gasteiger partial charge in [-0.1, -0.05) is 29.8 Å². The quantitative estimate of drug-likeness (QED) is 0.715. The summed E-state index contributed by atoms with van der Waals surface area (Å²) in [5, 5.41) is 11.6. The van der Waals surface area contributed by atoms with E-state index >= 15 is 0 Å². The normalized spacial score (nSPS) is 21.6. The Bertz CT molecular complexity index is 739. The highest BCUT2D eigenvalue weighted by Gasteiger charge is 2.59. The number of hydrogen-bond donors (Lipinski definition) is 1. The van der Waals surface area contributed by atoms with E-state index in [1.54, 1.807) is 45.0 Å². The number of ketones is 1. The van der Waals surface area contributed by atoms with Crippen molar-refractivity contribution in [3.05, 3.63) is 40.9 Å². The smallest absolute Gasteiger partial charge is 0.343 e. The maximum atomic E-state index is 12.6. The van der Waals surface area contributed by atoms with Crippen LogP contribution >= 0.6 is 11.6 Å². The van der Waals surface area contributed by atoms with Gasteiger partial charge in [-0.25, -0.2) is 4.79 Å². The molecule has 6 nitrogen and oxygen atoms in total. The molecule has 0 amide bonds. The number of aliphatic hydroxyl groups is 1. The topological polar surface area (TPSA) is 89.9 Å². The fraction of sp³-hybridized carbons (Fsp3) is 0.450. The van der Waals surface area contributed by atoms with Gasteiger partial charge in [-0.3, -0.25) is 9.59 Å². The average molecular weight is 395 g/mol. The number of rotatable bonds is 7.